The summed E-state index contributed by atoms with van der Waals surface area (Å²) >= 11 is 2.04. The lowest BCUT2D eigenvalue weighted by atomic mass is 10.1. The molecule has 1 aromatic carbocycles. The molecule has 0 saturated heterocycles. The first kappa shape index (κ1) is 15.8. The molecule has 1 amide bonds. The summed E-state index contributed by atoms with van der Waals surface area (Å²) in [7, 11) is 0. The van der Waals surface area contributed by atoms with Crippen LogP contribution in [-0.2, 0) is 16.0 Å². The van der Waals surface area contributed by atoms with Crippen molar-refractivity contribution in [2.45, 2.75) is 25.3 Å². The minimum atomic E-state index is -2.78. The quantitative estimate of drug-likeness (QED) is 0.740. The van der Waals surface area contributed by atoms with Gasteiger partial charge in [-0.2, -0.15) is 0 Å². The number of carbonyl (C=O) groups excluding carboxylic acids is 1. The first-order valence-electron chi connectivity index (χ1n) is 5.44. The van der Waals surface area contributed by atoms with E-state index in [-0.39, 0.29) is 6.42 Å². The first-order chi connectivity index (χ1) is 8.90. The molecule has 0 saturated carbocycles. The fourth-order valence-corrected chi connectivity index (χ4v) is 2.04. The molecule has 0 heterocycles. The van der Waals surface area contributed by atoms with Crippen LogP contribution in [0.3, 0.4) is 0 Å². The second-order valence-corrected chi connectivity index (χ2v) is 5.02. The molecule has 2 N–H and O–H groups in total. The molecule has 0 aliphatic heterocycles. The summed E-state index contributed by atoms with van der Waals surface area (Å²) in [6.07, 6.45) is -3.71. The summed E-state index contributed by atoms with van der Waals surface area (Å²) in [5.41, 5.74) is 0.724. The Bertz CT molecular complexity index is 468. The average molecular weight is 383 g/mol. The molecule has 0 fully saturated rings. The molecule has 1 atom stereocenters. The number of hydrogen-bond donors (Lipinski definition) is 2. The molecule has 7 heteroatoms. The highest BCUT2D eigenvalue weighted by Gasteiger charge is 2.24. The van der Waals surface area contributed by atoms with Crippen LogP contribution in [0.5, 0.6) is 0 Å². The van der Waals surface area contributed by atoms with Crippen LogP contribution in [0.25, 0.3) is 0 Å². The highest BCUT2D eigenvalue weighted by Crippen LogP contribution is 2.12. The van der Waals surface area contributed by atoms with E-state index in [0.29, 0.717) is 0 Å². The molecule has 0 bridgehead atoms. The van der Waals surface area contributed by atoms with Crippen LogP contribution in [0.4, 0.5) is 8.78 Å². The van der Waals surface area contributed by atoms with Gasteiger partial charge in [0.2, 0.25) is 12.3 Å². The summed E-state index contributed by atoms with van der Waals surface area (Å²) < 4.78 is 25.2. The van der Waals surface area contributed by atoms with Crippen molar-refractivity contribution in [3.05, 3.63) is 33.4 Å². The van der Waals surface area contributed by atoms with Crippen LogP contribution in [0, 0.1) is 3.57 Å². The lowest BCUT2D eigenvalue weighted by Gasteiger charge is -2.14. The Hall–Kier alpha value is -1.25. The zero-order valence-corrected chi connectivity index (χ0v) is 11.9. The average Bonchev–Trinajstić information content (AvgIpc) is 2.30. The van der Waals surface area contributed by atoms with Crippen LogP contribution in [0.2, 0.25) is 0 Å². The van der Waals surface area contributed by atoms with Gasteiger partial charge in [0.1, 0.15) is 6.04 Å². The van der Waals surface area contributed by atoms with Gasteiger partial charge in [-0.05, 0) is 34.2 Å². The van der Waals surface area contributed by atoms with Gasteiger partial charge in [-0.3, -0.25) is 4.79 Å². The molecule has 0 aliphatic carbocycles. The van der Waals surface area contributed by atoms with Gasteiger partial charge in [0, 0.05) is 9.99 Å². The molecular weight excluding hydrogens is 371 g/mol. The number of amides is 1. The molecule has 104 valence electrons. The largest absolute Gasteiger partial charge is 0.480 e. The van der Waals surface area contributed by atoms with Crippen molar-refractivity contribution in [1.82, 2.24) is 5.32 Å². The Morgan fingerprint density at radius 1 is 1.32 bits per heavy atom. The van der Waals surface area contributed by atoms with Crippen molar-refractivity contribution < 1.29 is 23.5 Å². The summed E-state index contributed by atoms with van der Waals surface area (Å²) in [5, 5.41) is 10.8. The van der Waals surface area contributed by atoms with Crippen molar-refractivity contribution >= 4 is 34.5 Å². The van der Waals surface area contributed by atoms with E-state index < -0.39 is 30.8 Å². The van der Waals surface area contributed by atoms with Gasteiger partial charge >= 0.3 is 5.97 Å². The number of alkyl halides is 2. The second kappa shape index (κ2) is 7.37. The lowest BCUT2D eigenvalue weighted by Crippen LogP contribution is -2.42. The predicted molar refractivity (Wildman–Crippen MR) is 73.1 cm³/mol. The smallest absolute Gasteiger partial charge is 0.326 e. The lowest BCUT2D eigenvalue weighted by molar-refractivity contribution is -0.142. The van der Waals surface area contributed by atoms with Crippen molar-refractivity contribution in [2.24, 2.45) is 0 Å². The van der Waals surface area contributed by atoms with Gasteiger partial charge in [0.15, 0.2) is 0 Å². The molecule has 0 aliphatic rings. The van der Waals surface area contributed by atoms with Gasteiger partial charge in [0.05, 0.1) is 6.42 Å². The maximum absolute atomic E-state index is 12.2. The molecule has 4 nitrogen and oxygen atoms in total. The number of carboxylic acid groups (broad SMARTS) is 1. The van der Waals surface area contributed by atoms with E-state index in [2.05, 4.69) is 5.32 Å². The monoisotopic (exact) mass is 383 g/mol. The Balaban J connectivity index is 2.63. The van der Waals surface area contributed by atoms with Crippen molar-refractivity contribution in [1.29, 1.82) is 0 Å². The standard InChI is InChI=1S/C12H12F2INO3/c13-10(14)6-9(12(18)19)16-11(17)5-7-3-1-2-4-8(7)15/h1-4,9-10H,5-6H2,(H,16,17)(H,18,19). The number of rotatable bonds is 6. The predicted octanol–water partition coefficient (Wildman–Crippen LogP) is 2.06. The molecule has 19 heavy (non-hydrogen) atoms. The van der Waals surface area contributed by atoms with Crippen LogP contribution in [0.15, 0.2) is 24.3 Å². The van der Waals surface area contributed by atoms with Crippen LogP contribution >= 0.6 is 22.6 Å². The number of hydrogen-bond acceptors (Lipinski definition) is 2. The number of benzene rings is 1. The van der Waals surface area contributed by atoms with E-state index >= 15 is 0 Å². The number of carbonyl (C=O) groups is 2. The van der Waals surface area contributed by atoms with E-state index in [1.165, 1.54) is 0 Å². The first-order valence-corrected chi connectivity index (χ1v) is 6.51. The fourth-order valence-electron chi connectivity index (χ4n) is 1.46. The van der Waals surface area contributed by atoms with E-state index in [1.54, 1.807) is 24.3 Å². The molecule has 1 unspecified atom stereocenters. The van der Waals surface area contributed by atoms with E-state index in [4.69, 9.17) is 5.11 Å². The third-order valence-corrected chi connectivity index (χ3v) is 3.41. The van der Waals surface area contributed by atoms with Crippen molar-refractivity contribution in [2.75, 3.05) is 0 Å². The van der Waals surface area contributed by atoms with Gasteiger partial charge in [-0.1, -0.05) is 18.2 Å². The van der Waals surface area contributed by atoms with Gasteiger partial charge < -0.3 is 10.4 Å². The van der Waals surface area contributed by atoms with Gasteiger partial charge in [-0.25, -0.2) is 13.6 Å². The zero-order chi connectivity index (χ0) is 14.4. The Morgan fingerprint density at radius 2 is 1.95 bits per heavy atom. The molecule has 0 radical (unpaired) electrons. The van der Waals surface area contributed by atoms with Gasteiger partial charge in [0.25, 0.3) is 0 Å². The maximum Gasteiger partial charge on any atom is 0.326 e. The van der Waals surface area contributed by atoms with Crippen LogP contribution in [-0.4, -0.2) is 29.5 Å². The summed E-state index contributed by atoms with van der Waals surface area (Å²) in [6, 6.07) is 5.52. The normalized spacial score (nSPS) is 12.2. The second-order valence-electron chi connectivity index (χ2n) is 3.85. The topological polar surface area (TPSA) is 66.4 Å². The highest BCUT2D eigenvalue weighted by atomic mass is 127. The number of halogens is 3. The van der Waals surface area contributed by atoms with Crippen LogP contribution in [0.1, 0.15) is 12.0 Å². The summed E-state index contributed by atoms with van der Waals surface area (Å²) in [6.45, 7) is 0. The van der Waals surface area contributed by atoms with E-state index in [0.717, 1.165) is 9.13 Å². The number of nitrogens with one attached hydrogen (secondary N) is 1. The molecule has 0 spiro atoms. The Morgan fingerprint density at radius 3 is 2.47 bits per heavy atom. The van der Waals surface area contributed by atoms with E-state index in [9.17, 15) is 18.4 Å². The molecule has 1 aromatic rings. The third-order valence-electron chi connectivity index (χ3n) is 2.36. The maximum atomic E-state index is 12.2. The zero-order valence-electron chi connectivity index (χ0n) is 9.78. The molecule has 1 rings (SSSR count). The van der Waals surface area contributed by atoms with Gasteiger partial charge in [-0.15, -0.1) is 0 Å². The Labute approximate surface area is 122 Å². The summed E-state index contributed by atoms with van der Waals surface area (Å²) in [4.78, 5) is 22.4. The molecule has 0 aromatic heterocycles. The van der Waals surface area contributed by atoms with Crippen LogP contribution < -0.4 is 5.32 Å². The number of aliphatic carboxylic acids is 1. The summed E-state index contributed by atoms with van der Waals surface area (Å²) in [5.74, 6) is -2.05. The minimum absolute atomic E-state index is 0.0356. The fraction of sp³-hybridized carbons (Fsp3) is 0.333. The minimum Gasteiger partial charge on any atom is -0.480 e. The molecular formula is C12H12F2INO3. The van der Waals surface area contributed by atoms with Crippen molar-refractivity contribution in [3.63, 3.8) is 0 Å². The van der Waals surface area contributed by atoms with E-state index in [1.807, 2.05) is 22.6 Å². The highest BCUT2D eigenvalue weighted by molar-refractivity contribution is 14.1. The van der Waals surface area contributed by atoms with Crippen molar-refractivity contribution in [3.8, 4) is 0 Å². The third kappa shape index (κ3) is 5.50. The number of carboxylic acids is 1. The Kier molecular flexibility index (Phi) is 6.13. The SMILES string of the molecule is O=C(Cc1ccccc1I)NC(CC(F)F)C(=O)O.